The SMILES string of the molecule is CCOC(=O)c1c(Br)cccc1CN. The summed E-state index contributed by atoms with van der Waals surface area (Å²) in [6, 6.07) is 5.46. The summed E-state index contributed by atoms with van der Waals surface area (Å²) in [7, 11) is 0. The van der Waals surface area contributed by atoms with E-state index in [0.29, 0.717) is 18.7 Å². The van der Waals surface area contributed by atoms with Crippen LogP contribution in [0.4, 0.5) is 0 Å². The van der Waals surface area contributed by atoms with Crippen molar-refractivity contribution in [3.63, 3.8) is 0 Å². The van der Waals surface area contributed by atoms with Gasteiger partial charge >= 0.3 is 5.97 Å². The van der Waals surface area contributed by atoms with E-state index < -0.39 is 0 Å². The lowest BCUT2D eigenvalue weighted by Crippen LogP contribution is -2.11. The third-order valence-electron chi connectivity index (χ3n) is 1.80. The lowest BCUT2D eigenvalue weighted by molar-refractivity contribution is 0.0524. The molecule has 76 valence electrons. The van der Waals surface area contributed by atoms with Crippen LogP contribution in [0.25, 0.3) is 0 Å². The van der Waals surface area contributed by atoms with E-state index in [9.17, 15) is 4.79 Å². The van der Waals surface area contributed by atoms with Gasteiger partial charge in [0.15, 0.2) is 0 Å². The monoisotopic (exact) mass is 257 g/mol. The summed E-state index contributed by atoms with van der Waals surface area (Å²) in [5.74, 6) is -0.333. The molecule has 0 heterocycles. The van der Waals surface area contributed by atoms with Crippen LogP contribution < -0.4 is 5.73 Å². The molecule has 0 amide bonds. The second-order valence-electron chi connectivity index (χ2n) is 2.70. The third-order valence-corrected chi connectivity index (χ3v) is 2.46. The van der Waals surface area contributed by atoms with Crippen molar-refractivity contribution in [1.29, 1.82) is 0 Å². The van der Waals surface area contributed by atoms with Crippen molar-refractivity contribution in [1.82, 2.24) is 0 Å². The minimum absolute atomic E-state index is 0.327. The summed E-state index contributed by atoms with van der Waals surface area (Å²) >= 11 is 3.30. The Morgan fingerprint density at radius 1 is 1.57 bits per heavy atom. The van der Waals surface area contributed by atoms with E-state index in [2.05, 4.69) is 15.9 Å². The first kappa shape index (κ1) is 11.2. The van der Waals surface area contributed by atoms with Gasteiger partial charge in [0.1, 0.15) is 0 Å². The maximum absolute atomic E-state index is 11.5. The molecule has 0 aliphatic carbocycles. The van der Waals surface area contributed by atoms with Gasteiger partial charge in [-0.15, -0.1) is 0 Å². The summed E-state index contributed by atoms with van der Waals surface area (Å²) in [6.07, 6.45) is 0. The van der Waals surface area contributed by atoms with Gasteiger partial charge in [0.05, 0.1) is 12.2 Å². The third kappa shape index (κ3) is 2.33. The van der Waals surface area contributed by atoms with Gasteiger partial charge in [-0.05, 0) is 34.5 Å². The quantitative estimate of drug-likeness (QED) is 0.844. The van der Waals surface area contributed by atoms with Gasteiger partial charge in [-0.2, -0.15) is 0 Å². The van der Waals surface area contributed by atoms with Crippen LogP contribution in [-0.4, -0.2) is 12.6 Å². The predicted molar refractivity (Wildman–Crippen MR) is 58.0 cm³/mol. The molecule has 0 aliphatic heterocycles. The Hall–Kier alpha value is -0.870. The molecule has 4 heteroatoms. The van der Waals surface area contributed by atoms with Gasteiger partial charge < -0.3 is 10.5 Å². The van der Waals surface area contributed by atoms with Crippen LogP contribution in [-0.2, 0) is 11.3 Å². The lowest BCUT2D eigenvalue weighted by Gasteiger charge is -2.08. The summed E-state index contributed by atoms with van der Waals surface area (Å²) in [5, 5.41) is 0. The Labute approximate surface area is 91.4 Å². The molecule has 0 aliphatic rings. The van der Waals surface area contributed by atoms with Crippen molar-refractivity contribution >= 4 is 21.9 Å². The number of hydrogen-bond acceptors (Lipinski definition) is 3. The van der Waals surface area contributed by atoms with Crippen molar-refractivity contribution in [3.05, 3.63) is 33.8 Å². The Bertz CT molecular complexity index is 339. The zero-order valence-electron chi connectivity index (χ0n) is 7.92. The van der Waals surface area contributed by atoms with Crippen molar-refractivity contribution in [2.24, 2.45) is 5.73 Å². The number of carbonyl (C=O) groups is 1. The Morgan fingerprint density at radius 3 is 2.86 bits per heavy atom. The molecular formula is C10H12BrNO2. The van der Waals surface area contributed by atoms with Crippen molar-refractivity contribution < 1.29 is 9.53 Å². The van der Waals surface area contributed by atoms with E-state index in [0.717, 1.165) is 10.0 Å². The van der Waals surface area contributed by atoms with Crippen LogP contribution in [0.2, 0.25) is 0 Å². The summed E-state index contributed by atoms with van der Waals surface area (Å²) in [6.45, 7) is 2.47. The number of ether oxygens (including phenoxy) is 1. The molecule has 0 saturated carbocycles. The van der Waals surface area contributed by atoms with Crippen LogP contribution in [0.1, 0.15) is 22.8 Å². The van der Waals surface area contributed by atoms with E-state index in [-0.39, 0.29) is 5.97 Å². The second-order valence-corrected chi connectivity index (χ2v) is 3.55. The first-order valence-electron chi connectivity index (χ1n) is 4.35. The average Bonchev–Trinajstić information content (AvgIpc) is 2.17. The number of esters is 1. The fourth-order valence-electron chi connectivity index (χ4n) is 1.17. The van der Waals surface area contributed by atoms with Crippen LogP contribution in [0.3, 0.4) is 0 Å². The molecule has 14 heavy (non-hydrogen) atoms. The highest BCUT2D eigenvalue weighted by Gasteiger charge is 2.14. The Kier molecular flexibility index (Phi) is 4.10. The number of rotatable bonds is 3. The average molecular weight is 258 g/mol. The maximum Gasteiger partial charge on any atom is 0.339 e. The lowest BCUT2D eigenvalue weighted by atomic mass is 10.1. The maximum atomic E-state index is 11.5. The van der Waals surface area contributed by atoms with Gasteiger partial charge in [0.25, 0.3) is 0 Å². The molecule has 1 rings (SSSR count). The highest BCUT2D eigenvalue weighted by Crippen LogP contribution is 2.21. The molecule has 3 nitrogen and oxygen atoms in total. The number of halogens is 1. The fraction of sp³-hybridized carbons (Fsp3) is 0.300. The van der Waals surface area contributed by atoms with E-state index in [1.54, 1.807) is 13.0 Å². The van der Waals surface area contributed by atoms with E-state index >= 15 is 0 Å². The molecule has 2 N–H and O–H groups in total. The minimum atomic E-state index is -0.333. The molecule has 1 aromatic rings. The normalized spacial score (nSPS) is 9.93. The summed E-state index contributed by atoms with van der Waals surface area (Å²) in [5.41, 5.74) is 6.84. The van der Waals surface area contributed by atoms with Crippen molar-refractivity contribution in [2.75, 3.05) is 6.61 Å². The molecule has 0 aromatic heterocycles. The standard InChI is InChI=1S/C10H12BrNO2/c1-2-14-10(13)9-7(6-12)4-3-5-8(9)11/h3-5H,2,6,12H2,1H3. The zero-order valence-corrected chi connectivity index (χ0v) is 9.50. The van der Waals surface area contributed by atoms with Gasteiger partial charge in [-0.25, -0.2) is 4.79 Å². The Balaban J connectivity index is 3.10. The van der Waals surface area contributed by atoms with Gasteiger partial charge in [0.2, 0.25) is 0 Å². The van der Waals surface area contributed by atoms with Crippen LogP contribution in [0.5, 0.6) is 0 Å². The molecule has 0 radical (unpaired) electrons. The molecule has 0 bridgehead atoms. The molecule has 0 atom stereocenters. The van der Waals surface area contributed by atoms with Crippen LogP contribution in [0.15, 0.2) is 22.7 Å². The summed E-state index contributed by atoms with van der Waals surface area (Å²) in [4.78, 5) is 11.5. The van der Waals surface area contributed by atoms with E-state index in [1.165, 1.54) is 0 Å². The second kappa shape index (κ2) is 5.12. The fourth-order valence-corrected chi connectivity index (χ4v) is 1.74. The molecule has 1 aromatic carbocycles. The predicted octanol–water partition coefficient (Wildman–Crippen LogP) is 2.08. The van der Waals surface area contributed by atoms with E-state index in [4.69, 9.17) is 10.5 Å². The Morgan fingerprint density at radius 2 is 2.29 bits per heavy atom. The minimum Gasteiger partial charge on any atom is -0.462 e. The topological polar surface area (TPSA) is 52.3 Å². The molecule has 0 spiro atoms. The van der Waals surface area contributed by atoms with Gasteiger partial charge in [0, 0.05) is 11.0 Å². The first-order valence-corrected chi connectivity index (χ1v) is 5.14. The van der Waals surface area contributed by atoms with Crippen molar-refractivity contribution in [2.45, 2.75) is 13.5 Å². The number of carbonyl (C=O) groups excluding carboxylic acids is 1. The molecule has 0 fully saturated rings. The highest BCUT2D eigenvalue weighted by atomic mass is 79.9. The van der Waals surface area contributed by atoms with Crippen molar-refractivity contribution in [3.8, 4) is 0 Å². The number of nitrogens with two attached hydrogens (primary N) is 1. The summed E-state index contributed by atoms with van der Waals surface area (Å²) < 4.78 is 5.65. The first-order chi connectivity index (χ1) is 6.70. The van der Waals surface area contributed by atoms with Gasteiger partial charge in [-0.3, -0.25) is 0 Å². The molecular weight excluding hydrogens is 246 g/mol. The van der Waals surface area contributed by atoms with Crippen LogP contribution >= 0.6 is 15.9 Å². The highest BCUT2D eigenvalue weighted by molar-refractivity contribution is 9.10. The van der Waals surface area contributed by atoms with E-state index in [1.807, 2.05) is 12.1 Å². The largest absolute Gasteiger partial charge is 0.462 e. The number of benzene rings is 1. The van der Waals surface area contributed by atoms with Crippen LogP contribution in [0, 0.1) is 0 Å². The molecule has 0 saturated heterocycles. The number of hydrogen-bond donors (Lipinski definition) is 1. The zero-order chi connectivity index (χ0) is 10.6. The smallest absolute Gasteiger partial charge is 0.339 e. The molecule has 0 unspecified atom stereocenters. The van der Waals surface area contributed by atoms with Gasteiger partial charge in [-0.1, -0.05) is 12.1 Å².